The number of nitrogens with one attached hydrogen (secondary N) is 2. The normalized spacial score (nSPS) is 20.3. The fraction of sp³-hybridized carbons (Fsp3) is 0.526. The van der Waals surface area contributed by atoms with Crippen molar-refractivity contribution in [1.29, 1.82) is 0 Å². The van der Waals surface area contributed by atoms with E-state index in [2.05, 4.69) is 10.6 Å². The van der Waals surface area contributed by atoms with Gasteiger partial charge in [0, 0.05) is 30.6 Å². The van der Waals surface area contributed by atoms with E-state index in [4.69, 9.17) is 5.73 Å². The van der Waals surface area contributed by atoms with Crippen LogP contribution in [0.25, 0.3) is 0 Å². The third-order valence-electron chi connectivity index (χ3n) is 4.90. The monoisotopic (exact) mass is 358 g/mol. The van der Waals surface area contributed by atoms with E-state index >= 15 is 0 Å². The minimum atomic E-state index is -0.577. The van der Waals surface area contributed by atoms with Gasteiger partial charge in [0.25, 0.3) is 5.91 Å². The number of benzene rings is 1. The van der Waals surface area contributed by atoms with E-state index in [9.17, 15) is 14.4 Å². The Bertz CT molecular complexity index is 739. The van der Waals surface area contributed by atoms with Crippen LogP contribution >= 0.6 is 0 Å². The van der Waals surface area contributed by atoms with Gasteiger partial charge >= 0.3 is 0 Å². The fourth-order valence-electron chi connectivity index (χ4n) is 3.47. The van der Waals surface area contributed by atoms with Crippen molar-refractivity contribution in [3.05, 3.63) is 34.9 Å². The molecular formula is C19H26N4O3. The Kier molecular flexibility index (Phi) is 5.11. The van der Waals surface area contributed by atoms with Gasteiger partial charge < -0.3 is 16.0 Å². The van der Waals surface area contributed by atoms with Crippen LogP contribution in [0.2, 0.25) is 0 Å². The molecule has 3 amide bonds. The first-order chi connectivity index (χ1) is 12.3. The Labute approximate surface area is 153 Å². The maximum atomic E-state index is 12.9. The van der Waals surface area contributed by atoms with Crippen LogP contribution in [0.1, 0.15) is 54.6 Å². The van der Waals surface area contributed by atoms with Crippen LogP contribution < -0.4 is 16.4 Å². The van der Waals surface area contributed by atoms with E-state index < -0.39 is 6.04 Å². The van der Waals surface area contributed by atoms with E-state index in [0.717, 1.165) is 24.1 Å². The molecule has 26 heavy (non-hydrogen) atoms. The number of hydrogen-bond donors (Lipinski definition) is 3. The number of fused-ring (bicyclic) bond motifs is 1. The molecule has 4 N–H and O–H groups in total. The summed E-state index contributed by atoms with van der Waals surface area (Å²) >= 11 is 0. The predicted molar refractivity (Wildman–Crippen MR) is 97.1 cm³/mol. The summed E-state index contributed by atoms with van der Waals surface area (Å²) in [5, 5.41) is 5.67. The largest absolute Gasteiger partial charge is 0.326 e. The van der Waals surface area contributed by atoms with Crippen molar-refractivity contribution in [3.63, 3.8) is 0 Å². The molecule has 1 saturated heterocycles. The molecule has 1 fully saturated rings. The van der Waals surface area contributed by atoms with E-state index in [1.165, 1.54) is 0 Å². The molecule has 0 aliphatic carbocycles. The van der Waals surface area contributed by atoms with Crippen molar-refractivity contribution in [2.75, 3.05) is 6.54 Å². The smallest absolute Gasteiger partial charge is 0.255 e. The average molecular weight is 358 g/mol. The molecule has 140 valence electrons. The molecule has 2 heterocycles. The summed E-state index contributed by atoms with van der Waals surface area (Å²) in [6, 6.07) is 5.22. The van der Waals surface area contributed by atoms with Crippen LogP contribution in [0.3, 0.4) is 0 Å². The summed E-state index contributed by atoms with van der Waals surface area (Å²) in [7, 11) is 0. The summed E-state index contributed by atoms with van der Waals surface area (Å²) in [6.07, 6.45) is 1.47. The zero-order valence-corrected chi connectivity index (χ0v) is 15.3. The molecule has 2 aliphatic rings. The van der Waals surface area contributed by atoms with E-state index in [0.29, 0.717) is 25.1 Å². The Balaban J connectivity index is 1.70. The number of amides is 3. The summed E-state index contributed by atoms with van der Waals surface area (Å²) in [5.41, 5.74) is 8.29. The van der Waals surface area contributed by atoms with Crippen LogP contribution in [0.5, 0.6) is 0 Å². The van der Waals surface area contributed by atoms with Gasteiger partial charge in [0.15, 0.2) is 0 Å². The highest BCUT2D eigenvalue weighted by molar-refractivity contribution is 6.05. The standard InChI is InChI=1S/C19H26N4O3/c1-19(2,20)8-9-21-10-12-4-3-5-13-11-23(18(26)16(12)13)14-6-7-15(24)22-17(14)25/h3-5,14,21H,6-11,20H2,1-2H3,(H,22,24,25). The minimum absolute atomic E-state index is 0.133. The summed E-state index contributed by atoms with van der Waals surface area (Å²) in [6.45, 7) is 5.71. The van der Waals surface area contributed by atoms with Gasteiger partial charge in [-0.2, -0.15) is 0 Å². The lowest BCUT2D eigenvalue weighted by Gasteiger charge is -2.29. The van der Waals surface area contributed by atoms with Crippen molar-refractivity contribution in [3.8, 4) is 0 Å². The highest BCUT2D eigenvalue weighted by atomic mass is 16.2. The molecule has 0 spiro atoms. The zero-order valence-electron chi connectivity index (χ0n) is 15.3. The number of nitrogens with two attached hydrogens (primary N) is 1. The summed E-state index contributed by atoms with van der Waals surface area (Å²) < 4.78 is 0. The quantitative estimate of drug-likeness (QED) is 0.512. The first-order valence-corrected chi connectivity index (χ1v) is 9.01. The minimum Gasteiger partial charge on any atom is -0.326 e. The van der Waals surface area contributed by atoms with Crippen molar-refractivity contribution in [2.45, 2.75) is 57.8 Å². The number of carbonyl (C=O) groups excluding carboxylic acids is 3. The molecule has 1 aromatic rings. The molecule has 1 aromatic carbocycles. The lowest BCUT2D eigenvalue weighted by molar-refractivity contribution is -0.136. The molecule has 7 heteroatoms. The molecular weight excluding hydrogens is 332 g/mol. The highest BCUT2D eigenvalue weighted by Crippen LogP contribution is 2.29. The molecule has 1 unspecified atom stereocenters. The van der Waals surface area contributed by atoms with Crippen molar-refractivity contribution in [1.82, 2.24) is 15.5 Å². The average Bonchev–Trinajstić information content (AvgIpc) is 2.88. The molecule has 3 rings (SSSR count). The number of nitrogens with zero attached hydrogens (tertiary/aromatic N) is 1. The molecule has 0 radical (unpaired) electrons. The molecule has 0 aromatic heterocycles. The van der Waals surface area contributed by atoms with Crippen LogP contribution in [-0.4, -0.2) is 40.7 Å². The predicted octanol–water partition coefficient (Wildman–Crippen LogP) is 0.665. The SMILES string of the molecule is CC(C)(N)CCNCc1cccc2c1C(=O)N(C1CCC(=O)NC1=O)C2. The zero-order chi connectivity index (χ0) is 18.9. The Morgan fingerprint density at radius 3 is 2.77 bits per heavy atom. The second-order valence-electron chi connectivity index (χ2n) is 7.77. The Morgan fingerprint density at radius 2 is 2.08 bits per heavy atom. The van der Waals surface area contributed by atoms with Gasteiger partial charge in [0.2, 0.25) is 11.8 Å². The lowest BCUT2D eigenvalue weighted by atomic mass is 10.0. The number of imide groups is 1. The number of hydrogen-bond acceptors (Lipinski definition) is 5. The van der Waals surface area contributed by atoms with Crippen molar-refractivity contribution >= 4 is 17.7 Å². The fourth-order valence-corrected chi connectivity index (χ4v) is 3.47. The van der Waals surface area contributed by atoms with Gasteiger partial charge in [-0.1, -0.05) is 18.2 Å². The molecule has 2 aliphatic heterocycles. The molecule has 0 bridgehead atoms. The maximum Gasteiger partial charge on any atom is 0.255 e. The summed E-state index contributed by atoms with van der Waals surface area (Å²) in [5.74, 6) is -0.790. The second-order valence-corrected chi connectivity index (χ2v) is 7.77. The van der Waals surface area contributed by atoms with Gasteiger partial charge in [-0.3, -0.25) is 19.7 Å². The Hall–Kier alpha value is -2.25. The van der Waals surface area contributed by atoms with Crippen molar-refractivity contribution in [2.24, 2.45) is 5.73 Å². The van der Waals surface area contributed by atoms with Crippen LogP contribution in [0, 0.1) is 0 Å². The van der Waals surface area contributed by atoms with Gasteiger partial charge in [-0.05, 0) is 44.4 Å². The first kappa shape index (κ1) is 18.5. The van der Waals surface area contributed by atoms with Crippen LogP contribution in [0.4, 0.5) is 0 Å². The lowest BCUT2D eigenvalue weighted by Crippen LogP contribution is -2.52. The summed E-state index contributed by atoms with van der Waals surface area (Å²) in [4.78, 5) is 38.0. The van der Waals surface area contributed by atoms with Gasteiger partial charge in [0.05, 0.1) is 0 Å². The number of carbonyl (C=O) groups is 3. The third-order valence-corrected chi connectivity index (χ3v) is 4.90. The highest BCUT2D eigenvalue weighted by Gasteiger charge is 2.39. The second kappa shape index (κ2) is 7.17. The topological polar surface area (TPSA) is 105 Å². The van der Waals surface area contributed by atoms with Gasteiger partial charge in [0.1, 0.15) is 6.04 Å². The number of piperidine rings is 1. The van der Waals surface area contributed by atoms with E-state index in [-0.39, 0.29) is 29.7 Å². The van der Waals surface area contributed by atoms with Gasteiger partial charge in [-0.25, -0.2) is 0 Å². The van der Waals surface area contributed by atoms with Crippen LogP contribution in [0.15, 0.2) is 18.2 Å². The number of rotatable bonds is 6. The van der Waals surface area contributed by atoms with E-state index in [1.54, 1.807) is 4.90 Å². The molecule has 7 nitrogen and oxygen atoms in total. The van der Waals surface area contributed by atoms with E-state index in [1.807, 2.05) is 32.0 Å². The molecule has 1 atom stereocenters. The maximum absolute atomic E-state index is 12.9. The molecule has 0 saturated carbocycles. The van der Waals surface area contributed by atoms with Gasteiger partial charge in [-0.15, -0.1) is 0 Å². The van der Waals surface area contributed by atoms with Crippen LogP contribution in [-0.2, 0) is 22.7 Å². The Morgan fingerprint density at radius 1 is 1.31 bits per heavy atom. The van der Waals surface area contributed by atoms with Crippen molar-refractivity contribution < 1.29 is 14.4 Å². The third kappa shape index (κ3) is 3.94. The first-order valence-electron chi connectivity index (χ1n) is 9.01.